The van der Waals surface area contributed by atoms with Crippen LogP contribution in [0.3, 0.4) is 0 Å². The summed E-state index contributed by atoms with van der Waals surface area (Å²) in [6, 6.07) is 51.8. The molecule has 10 heterocycles. The first-order valence-corrected chi connectivity index (χ1v) is 45.6. The molecule has 0 radical (unpaired) electrons. The normalized spacial score (nSPS) is 13.9. The van der Waals surface area contributed by atoms with Crippen molar-refractivity contribution in [1.29, 1.82) is 0 Å². The largest absolute Gasteiger partial charge is 0.418 e. The van der Waals surface area contributed by atoms with Gasteiger partial charge in [0.05, 0.1) is 100 Å². The zero-order chi connectivity index (χ0) is 105. The number of carbonyl (C=O) groups is 4. The number of cyclic esters (lactones) is 4. The van der Waals surface area contributed by atoms with E-state index in [9.17, 15) is 117 Å². The Labute approximate surface area is 817 Å². The Hall–Kier alpha value is -18.5. The number of nitrogens with two attached hydrogens (primary N) is 2. The number of esters is 4. The Morgan fingerprint density at radius 1 is 0.227 bits per heavy atom. The van der Waals surface area contributed by atoms with Crippen molar-refractivity contribution in [2.75, 3.05) is 11.5 Å². The van der Waals surface area contributed by atoms with Gasteiger partial charge in [0.25, 0.3) is 22.2 Å². The van der Waals surface area contributed by atoms with Gasteiger partial charge < -0.3 is 20.9 Å². The summed E-state index contributed by atoms with van der Waals surface area (Å²) in [6.07, 6.45) is -30.4. The first-order chi connectivity index (χ1) is 71.0. The Morgan fingerprint density at radius 2 is 0.433 bits per heavy atom. The van der Waals surface area contributed by atoms with Gasteiger partial charge in [0.2, 0.25) is 0 Å². The minimum absolute atomic E-state index is 0.0328. The lowest BCUT2D eigenvalue weighted by Gasteiger charge is -2.22. The predicted octanol–water partition coefficient (Wildman–Crippen LogP) is 27.0. The van der Waals surface area contributed by atoms with Gasteiger partial charge in [0, 0.05) is 75.4 Å². The maximum Gasteiger partial charge on any atom is 0.418 e. The van der Waals surface area contributed by atoms with E-state index in [4.69, 9.17) is 30.9 Å². The van der Waals surface area contributed by atoms with Crippen LogP contribution in [0.25, 0.3) is 239 Å². The number of carbonyl (C=O) groups excluding carboxylic acids is 4. The molecule has 150 heavy (non-hydrogen) atoms. The van der Waals surface area contributed by atoms with Gasteiger partial charge in [0.1, 0.15) is 33.6 Å². The van der Waals surface area contributed by atoms with Gasteiger partial charge >= 0.3 is 60.9 Å². The fraction of sp³-hybridized carbons (Fsp3) is 0.0893. The van der Waals surface area contributed by atoms with Crippen LogP contribution in [0.1, 0.15) is 97.1 Å². The monoisotopic (exact) mass is 2040 g/mol. The quantitative estimate of drug-likeness (QED) is 0.0356. The maximum atomic E-state index is 14.2. The van der Waals surface area contributed by atoms with Gasteiger partial charge in [-0.1, -0.05) is 84.9 Å². The highest BCUT2D eigenvalue weighted by molar-refractivity contribution is 6.45. The number of hydrogen-bond donors (Lipinski definition) is 2. The van der Waals surface area contributed by atoms with Gasteiger partial charge in [0.15, 0.2) is 0 Å². The molecule has 0 saturated carbocycles. The zero-order valence-corrected chi connectivity index (χ0v) is 76.2. The summed E-state index contributed by atoms with van der Waals surface area (Å²) in [4.78, 5) is 124. The summed E-state index contributed by atoms with van der Waals surface area (Å²) in [5.41, 5.74) is 3.39. The van der Waals surface area contributed by atoms with Gasteiger partial charge in [-0.2, -0.15) is 79.0 Å². The van der Waals surface area contributed by atoms with Crippen LogP contribution in [0.2, 0.25) is 0 Å². The number of nitrogens with zero attached hydrogens (tertiary/aromatic N) is 8. The molecule has 20 nitrogen and oxygen atoms in total. The van der Waals surface area contributed by atoms with Crippen molar-refractivity contribution in [2.24, 2.45) is 0 Å². The van der Waals surface area contributed by atoms with E-state index in [1.54, 1.807) is 93.7 Å². The molecule has 28 aromatic rings. The van der Waals surface area contributed by atoms with Gasteiger partial charge in [-0.3, -0.25) is 36.8 Å². The number of aryl methyl sites for hydroxylation is 4. The molecule has 4 N–H and O–H groups in total. The van der Waals surface area contributed by atoms with E-state index in [2.05, 4.69) is 9.97 Å². The molecule has 734 valence electrons. The van der Waals surface area contributed by atoms with E-state index < -0.39 is 139 Å². The number of alkyl halides is 18. The minimum Gasteiger partial charge on any atom is -0.397 e. The number of aromatic nitrogens is 8. The summed E-state index contributed by atoms with van der Waals surface area (Å²) in [6.45, 7) is 7.87. The molecule has 0 fully saturated rings. The van der Waals surface area contributed by atoms with E-state index in [-0.39, 0.29) is 51.4 Å². The smallest absolute Gasteiger partial charge is 0.397 e. The van der Waals surface area contributed by atoms with Crippen molar-refractivity contribution < 1.29 is 108 Å². The van der Waals surface area contributed by atoms with Crippen molar-refractivity contribution in [2.45, 2.75) is 64.8 Å². The lowest BCUT2D eigenvalue weighted by atomic mass is 9.83. The predicted molar refractivity (Wildman–Crippen MR) is 532 cm³/mol. The molecule has 0 aliphatic carbocycles. The highest BCUT2D eigenvalue weighted by atomic mass is 19.4. The molecule has 2 aliphatic heterocycles. The van der Waals surface area contributed by atoms with Crippen molar-refractivity contribution in [3.63, 3.8) is 0 Å². The number of imidazole rings is 4. The van der Waals surface area contributed by atoms with Gasteiger partial charge in [-0.15, -0.1) is 0 Å². The fourth-order valence-corrected chi connectivity index (χ4v) is 23.5. The second kappa shape index (κ2) is 29.2. The molecule has 20 aromatic carbocycles. The fourth-order valence-electron chi connectivity index (χ4n) is 23.5. The average molecular weight is 2040 g/mol. The van der Waals surface area contributed by atoms with Crippen molar-refractivity contribution in [3.05, 3.63) is 326 Å². The van der Waals surface area contributed by atoms with Crippen LogP contribution in [-0.4, -0.2) is 61.4 Å². The van der Waals surface area contributed by atoms with Crippen LogP contribution < -0.4 is 33.7 Å². The van der Waals surface area contributed by atoms with Crippen molar-refractivity contribution in [3.8, 4) is 0 Å². The van der Waals surface area contributed by atoms with Crippen LogP contribution >= 0.6 is 0 Å². The molecular weight excluding hydrogens is 1990 g/mol. The molecule has 0 bridgehead atoms. The molecule has 0 unspecified atom stereocenters. The zero-order valence-electron chi connectivity index (χ0n) is 76.2. The molecular formula is C112H50F18N10O10. The molecule has 0 spiro atoms. The summed E-state index contributed by atoms with van der Waals surface area (Å²) in [5.74, 6) is -2.66. The topological polar surface area (TPSA) is 276 Å². The number of nitrogen functional groups attached to an aromatic ring is 2. The van der Waals surface area contributed by atoms with E-state index in [1.165, 1.54) is 0 Å². The van der Waals surface area contributed by atoms with Crippen LogP contribution in [0.15, 0.2) is 225 Å². The van der Waals surface area contributed by atoms with E-state index >= 15 is 0 Å². The third-order valence-corrected chi connectivity index (χ3v) is 29.5. The van der Waals surface area contributed by atoms with Gasteiger partial charge in [-0.25, -0.2) is 39.1 Å². The molecule has 0 amide bonds. The highest BCUT2D eigenvalue weighted by Gasteiger charge is 2.45. The lowest BCUT2D eigenvalue weighted by Crippen LogP contribution is -2.20. The van der Waals surface area contributed by atoms with Crippen molar-refractivity contribution in [1.82, 2.24) is 37.5 Å². The van der Waals surface area contributed by atoms with E-state index in [0.717, 1.165) is 161 Å². The first kappa shape index (κ1) is 90.3. The number of anilines is 2. The number of rotatable bonds is 0. The Morgan fingerprint density at radius 3 is 0.687 bits per heavy atom. The maximum absolute atomic E-state index is 14.2. The average Bonchev–Trinajstić information content (AvgIpc) is 1.25. The summed E-state index contributed by atoms with van der Waals surface area (Å²) in [5, 5.41) is 20.9. The molecule has 2 aliphatic rings. The number of halogens is 18. The highest BCUT2D eigenvalue weighted by Crippen LogP contribution is 2.54. The van der Waals surface area contributed by atoms with Crippen molar-refractivity contribution >= 4 is 274 Å². The molecule has 38 heteroatoms. The Kier molecular flexibility index (Phi) is 17.6. The van der Waals surface area contributed by atoms with Crippen LogP contribution in [-0.2, 0) is 46.5 Å². The second-order valence-electron chi connectivity index (χ2n) is 37.8. The number of benzene rings is 20. The Bertz CT molecular complexity index is 10800. The molecule has 0 saturated heterocycles. The van der Waals surface area contributed by atoms with E-state index in [0.29, 0.717) is 106 Å². The first-order valence-electron chi connectivity index (χ1n) is 45.6. The minimum atomic E-state index is -5.17. The summed E-state index contributed by atoms with van der Waals surface area (Å²) < 4.78 is 256. The number of pyridine rings is 4. The van der Waals surface area contributed by atoms with E-state index in [1.807, 2.05) is 113 Å². The second-order valence-corrected chi connectivity index (χ2v) is 37.8. The SMILES string of the molecule is Cc1cc(C)c2nc3c4ccc5c6ccc7c(=O)n8c9cc(C(F)(F)F)cc(C(F)(F)F)c9nc8c8ccc(c9ccc(c(=O)n3c2c1)c4c59)c6c78.Cc1cc(C)c2nc3c4ccc5c6ccc7c8c(ccc(c9ccc(c(=O)n3c2c1)c4c95)c68)c(=O)n1c2cc(C(F)(F)F)cc(C(F)(F)F)c2nc71.Nc1cc(C(F)(F)F)cc(C(F)(F)F)c1N.O=C1OC(=O)c2ccc3c4ccc5c6c(ccc(c7ccc1c2c73)c64)C(=O)OC5=O. The van der Waals surface area contributed by atoms with Crippen LogP contribution in [0, 0.1) is 27.7 Å². The molecule has 0 atom stereocenters. The number of fused-ring (bicyclic) bond motifs is 22. The standard InChI is InChI=1S/2C40H18F6N4O2.C24H8O6.C8H6F6N2/c1-15-11-16(2)33-27(12-15)49-35(47-33)22-7-3-18-21-6-10-25-32-23(8-4-19(30(21)32)20-5-9-24(37(49)51)31(22)29(18)20)36-48-34-26(40(44,45)46)13-17(39(41,42)43)14-28(34)50(36)38(25)52;1-15-11-16(2)33-27(12-15)49-35(47-33)22-7-3-18-19-4-8-23-32-25(10-6-21(30(19)32)20-5-9-24(37(49)51)31(22)29(18)20)38(52)50-28-14-17(39(41,42)43)13-26(40(44,45)46)34(28)48-36(23)50;25-21-13-5-1-9-10-2-6-15-20-16(24(28)30-23(15)27)8-4-12(18(10)20)11-3-7-14(22(26)29-21)19(13)17(9)11;9-7(10,11)3-1-4(8(12,13)14)6(16)5(15)2-3/h2*3-14H,1-2H3;1-8H;1-2H,15-16H2. The van der Waals surface area contributed by atoms with Gasteiger partial charge in [-0.05, 0) is 268 Å². The third-order valence-electron chi connectivity index (χ3n) is 29.5. The molecule has 30 rings (SSSR count). The summed E-state index contributed by atoms with van der Waals surface area (Å²) >= 11 is 0. The van der Waals surface area contributed by atoms with Crippen LogP contribution in [0.4, 0.5) is 90.4 Å². The third kappa shape index (κ3) is 12.0. The lowest BCUT2D eigenvalue weighted by molar-refractivity contribution is -0.144. The number of hydrogen-bond acceptors (Lipinski definition) is 16. The Balaban J connectivity index is 0.000000106. The van der Waals surface area contributed by atoms with Crippen LogP contribution in [0.5, 0.6) is 0 Å². The molecule has 8 aromatic heterocycles. The summed E-state index contributed by atoms with van der Waals surface area (Å²) in [7, 11) is 0. The number of ether oxygens (including phenoxy) is 2.